The molecule has 0 spiro atoms. The zero-order valence-corrected chi connectivity index (χ0v) is 11.1. The van der Waals surface area contributed by atoms with E-state index in [1.165, 1.54) is 6.92 Å². The first-order valence-electron chi connectivity index (χ1n) is 3.20. The number of rotatable bonds is 1. The molecule has 0 aliphatic carbocycles. The molecule has 0 heterocycles. The minimum absolute atomic E-state index is 0. The molecule has 0 bridgehead atoms. The van der Waals surface area contributed by atoms with Crippen LogP contribution < -0.4 is 56.5 Å². The molecule has 1 aromatic carbocycles. The summed E-state index contributed by atoms with van der Waals surface area (Å²) < 4.78 is 0. The predicted molar refractivity (Wildman–Crippen MR) is 46.5 cm³/mol. The van der Waals surface area contributed by atoms with E-state index in [0.717, 1.165) is 4.90 Å². The second kappa shape index (κ2) is 6.18. The minimum Gasteiger partial charge on any atom is -0.862 e. The van der Waals surface area contributed by atoms with E-state index in [2.05, 4.69) is 17.6 Å². The number of benzene rings is 1. The van der Waals surface area contributed by atoms with Gasteiger partial charge >= 0.3 is 51.4 Å². The van der Waals surface area contributed by atoms with Gasteiger partial charge in [-0.25, -0.2) is 0 Å². The van der Waals surface area contributed by atoms with Gasteiger partial charge in [0.05, 0.1) is 5.69 Å². The number of hydrogen-bond donors (Lipinski definition) is 1. The molecule has 0 atom stereocenters. The molecule has 0 aliphatic rings. The van der Waals surface area contributed by atoms with Crippen LogP contribution in [0, 0.1) is 0 Å². The monoisotopic (exact) mass is 205 g/mol. The summed E-state index contributed by atoms with van der Waals surface area (Å²) in [5.41, 5.74) is 0.676. The van der Waals surface area contributed by atoms with Crippen molar-refractivity contribution in [1.82, 2.24) is 0 Å². The maximum atomic E-state index is 10.5. The van der Waals surface area contributed by atoms with Crippen molar-refractivity contribution in [3.8, 4) is 0 Å². The largest absolute Gasteiger partial charge is 1.00 e. The molecule has 0 aromatic heterocycles. The van der Waals surface area contributed by atoms with Crippen LogP contribution >= 0.6 is 12.6 Å². The fourth-order valence-corrected chi connectivity index (χ4v) is 0.858. The maximum Gasteiger partial charge on any atom is 1.00 e. The summed E-state index contributed by atoms with van der Waals surface area (Å²) in [4.78, 5) is 4.60. The molecule has 0 aliphatic heterocycles. The van der Waals surface area contributed by atoms with Crippen LogP contribution in [0.15, 0.2) is 34.2 Å². The molecular weight excluding hydrogens is 197 g/mol. The zero-order chi connectivity index (χ0) is 8.27. The smallest absolute Gasteiger partial charge is 0.862 e. The average molecular weight is 205 g/mol. The summed E-state index contributed by atoms with van der Waals surface area (Å²) >= 11 is 4.10. The number of aliphatic imine (C=N–C) groups is 1. The third-order valence-corrected chi connectivity index (χ3v) is 1.43. The van der Waals surface area contributed by atoms with Gasteiger partial charge in [-0.05, 0) is 37.1 Å². The molecule has 2 nitrogen and oxygen atoms in total. The Hall–Kier alpha value is 0.676. The Labute approximate surface area is 120 Å². The van der Waals surface area contributed by atoms with E-state index in [4.69, 9.17) is 0 Å². The van der Waals surface area contributed by atoms with Crippen LogP contribution in [0.1, 0.15) is 6.92 Å². The van der Waals surface area contributed by atoms with Gasteiger partial charge in [0, 0.05) is 4.90 Å². The Morgan fingerprint density at radius 2 is 1.83 bits per heavy atom. The van der Waals surface area contributed by atoms with Gasteiger partial charge in [0.2, 0.25) is 0 Å². The first-order chi connectivity index (χ1) is 5.18. The Bertz CT molecular complexity index is 267. The first-order valence-corrected chi connectivity index (χ1v) is 3.64. The van der Waals surface area contributed by atoms with Crippen molar-refractivity contribution >= 4 is 24.2 Å². The summed E-state index contributed by atoms with van der Waals surface area (Å²) in [6.07, 6.45) is 0. The van der Waals surface area contributed by atoms with E-state index >= 15 is 0 Å². The number of thiol groups is 1. The molecule has 1 aromatic rings. The molecule has 0 saturated heterocycles. The predicted octanol–water partition coefficient (Wildman–Crippen LogP) is -1.61. The molecule has 0 amide bonds. The van der Waals surface area contributed by atoms with Crippen molar-refractivity contribution in [2.45, 2.75) is 11.8 Å². The normalized spacial score (nSPS) is 10.7. The first kappa shape index (κ1) is 12.7. The second-order valence-corrected chi connectivity index (χ2v) is 2.66. The summed E-state index contributed by atoms with van der Waals surface area (Å²) in [6, 6.07) is 7.10. The maximum absolute atomic E-state index is 10.5. The van der Waals surface area contributed by atoms with Crippen LogP contribution in [0.25, 0.3) is 0 Å². The van der Waals surface area contributed by atoms with Crippen LogP contribution in [0.3, 0.4) is 0 Å². The SMILES string of the molecule is CC([O-])=Nc1ccc(S)cc1.[K+]. The fraction of sp³-hybridized carbons (Fsp3) is 0.125. The Morgan fingerprint density at radius 1 is 1.33 bits per heavy atom. The van der Waals surface area contributed by atoms with Gasteiger partial charge in [-0.3, -0.25) is 4.99 Å². The zero-order valence-electron chi connectivity index (χ0n) is 7.11. The van der Waals surface area contributed by atoms with Crippen molar-refractivity contribution in [2.24, 2.45) is 4.99 Å². The fourth-order valence-electron chi connectivity index (χ4n) is 0.709. The van der Waals surface area contributed by atoms with Gasteiger partial charge in [-0.15, -0.1) is 12.6 Å². The molecule has 0 unspecified atom stereocenters. The standard InChI is InChI=1S/C8H9NOS.K/c1-6(10)9-7-2-4-8(11)5-3-7;/h2-5,11H,1H3,(H,9,10);/q;+1/p-1. The van der Waals surface area contributed by atoms with Gasteiger partial charge in [0.1, 0.15) is 0 Å². The molecule has 12 heavy (non-hydrogen) atoms. The second-order valence-electron chi connectivity index (χ2n) is 2.15. The summed E-state index contributed by atoms with van der Waals surface area (Å²) in [6.45, 7) is 1.43. The van der Waals surface area contributed by atoms with Gasteiger partial charge < -0.3 is 5.11 Å². The van der Waals surface area contributed by atoms with Crippen molar-refractivity contribution < 1.29 is 56.5 Å². The molecule has 1 rings (SSSR count). The van der Waals surface area contributed by atoms with Crippen LogP contribution in [0.5, 0.6) is 0 Å². The minimum atomic E-state index is -0.183. The summed E-state index contributed by atoms with van der Waals surface area (Å²) in [5.74, 6) is -0.183. The van der Waals surface area contributed by atoms with Crippen LogP contribution in [-0.4, -0.2) is 5.90 Å². The topological polar surface area (TPSA) is 35.4 Å². The van der Waals surface area contributed by atoms with Crippen molar-refractivity contribution in [3.63, 3.8) is 0 Å². The third-order valence-electron chi connectivity index (χ3n) is 1.14. The van der Waals surface area contributed by atoms with Crippen molar-refractivity contribution in [3.05, 3.63) is 24.3 Å². The molecule has 0 fully saturated rings. The Balaban J connectivity index is 0.00000121. The van der Waals surface area contributed by atoms with Crippen molar-refractivity contribution in [1.29, 1.82) is 0 Å². The van der Waals surface area contributed by atoms with Crippen LogP contribution in [0.4, 0.5) is 5.69 Å². The summed E-state index contributed by atoms with van der Waals surface area (Å²) in [5, 5.41) is 10.5. The Kier molecular flexibility index (Phi) is 6.53. The van der Waals surface area contributed by atoms with E-state index < -0.39 is 0 Å². The van der Waals surface area contributed by atoms with Gasteiger partial charge in [0.15, 0.2) is 0 Å². The molecule has 0 saturated carbocycles. The quantitative estimate of drug-likeness (QED) is 0.255. The van der Waals surface area contributed by atoms with Crippen LogP contribution in [0.2, 0.25) is 0 Å². The summed E-state index contributed by atoms with van der Waals surface area (Å²) in [7, 11) is 0. The Morgan fingerprint density at radius 3 is 2.25 bits per heavy atom. The van der Waals surface area contributed by atoms with Crippen LogP contribution in [-0.2, 0) is 0 Å². The van der Waals surface area contributed by atoms with E-state index in [-0.39, 0.29) is 57.3 Å². The number of hydrogen-bond acceptors (Lipinski definition) is 3. The molecule has 0 radical (unpaired) electrons. The van der Waals surface area contributed by atoms with Gasteiger partial charge in [-0.1, -0.05) is 0 Å². The molecular formula is C8H8KNOS. The molecule has 0 N–H and O–H groups in total. The third kappa shape index (κ3) is 4.64. The number of nitrogens with zero attached hydrogens (tertiary/aromatic N) is 1. The molecule has 4 heteroatoms. The van der Waals surface area contributed by atoms with E-state index in [9.17, 15) is 5.11 Å². The van der Waals surface area contributed by atoms with E-state index in [1.807, 2.05) is 0 Å². The van der Waals surface area contributed by atoms with E-state index in [0.29, 0.717) is 5.69 Å². The van der Waals surface area contributed by atoms with E-state index in [1.54, 1.807) is 24.3 Å². The van der Waals surface area contributed by atoms with Crippen molar-refractivity contribution in [2.75, 3.05) is 0 Å². The van der Waals surface area contributed by atoms with Gasteiger partial charge in [-0.2, -0.15) is 0 Å². The van der Waals surface area contributed by atoms with Gasteiger partial charge in [0.25, 0.3) is 0 Å². The average Bonchev–Trinajstić information content (AvgIpc) is 1.93. The molecule has 58 valence electrons.